The highest BCUT2D eigenvalue weighted by Gasteiger charge is 2.05. The van der Waals surface area contributed by atoms with Crippen LogP contribution in [0.1, 0.15) is 37.7 Å². The van der Waals surface area contributed by atoms with E-state index in [9.17, 15) is 4.79 Å². The SMILES string of the molecule is C=COc1c(CCCCCCCN=CN)ccccc1=O. The number of ether oxygens (including phenoxy) is 1. The van der Waals surface area contributed by atoms with E-state index in [2.05, 4.69) is 11.6 Å². The maximum absolute atomic E-state index is 11.9. The zero-order valence-electron chi connectivity index (χ0n) is 12.5. The van der Waals surface area contributed by atoms with Crippen LogP contribution in [-0.4, -0.2) is 12.9 Å². The Labute approximate surface area is 126 Å². The lowest BCUT2D eigenvalue weighted by Crippen LogP contribution is -2.03. The number of hydrogen-bond donors (Lipinski definition) is 1. The van der Waals surface area contributed by atoms with Gasteiger partial charge in [0.05, 0.1) is 12.6 Å². The molecule has 0 aromatic heterocycles. The molecule has 0 saturated heterocycles. The van der Waals surface area contributed by atoms with Gasteiger partial charge in [0, 0.05) is 6.54 Å². The molecule has 4 heteroatoms. The minimum Gasteiger partial charge on any atom is -0.461 e. The maximum Gasteiger partial charge on any atom is 0.221 e. The molecule has 0 radical (unpaired) electrons. The van der Waals surface area contributed by atoms with Gasteiger partial charge in [0.1, 0.15) is 0 Å². The van der Waals surface area contributed by atoms with Crippen LogP contribution in [0.25, 0.3) is 0 Å². The molecule has 0 unspecified atom stereocenters. The van der Waals surface area contributed by atoms with Crippen molar-refractivity contribution in [3.63, 3.8) is 0 Å². The summed E-state index contributed by atoms with van der Waals surface area (Å²) in [6, 6.07) is 7.06. The van der Waals surface area contributed by atoms with E-state index in [0.29, 0.717) is 5.75 Å². The third-order valence-electron chi connectivity index (χ3n) is 3.21. The molecule has 0 aliphatic carbocycles. The predicted molar refractivity (Wildman–Crippen MR) is 87.9 cm³/mol. The first-order valence-corrected chi connectivity index (χ1v) is 7.39. The fourth-order valence-corrected chi connectivity index (χ4v) is 2.16. The lowest BCUT2D eigenvalue weighted by Gasteiger charge is -2.05. The number of nitrogens with two attached hydrogens (primary N) is 1. The predicted octanol–water partition coefficient (Wildman–Crippen LogP) is 3.05. The zero-order chi connectivity index (χ0) is 15.3. The van der Waals surface area contributed by atoms with Gasteiger partial charge >= 0.3 is 0 Å². The van der Waals surface area contributed by atoms with Gasteiger partial charge in [-0.1, -0.05) is 44.0 Å². The van der Waals surface area contributed by atoms with Crippen LogP contribution in [0, 0.1) is 0 Å². The highest BCUT2D eigenvalue weighted by molar-refractivity contribution is 5.50. The Morgan fingerprint density at radius 1 is 1.14 bits per heavy atom. The summed E-state index contributed by atoms with van der Waals surface area (Å²) in [4.78, 5) is 15.8. The average Bonchev–Trinajstić information content (AvgIpc) is 2.65. The fraction of sp³-hybridized carbons (Fsp3) is 0.412. The van der Waals surface area contributed by atoms with Gasteiger partial charge in [0.25, 0.3) is 0 Å². The molecule has 0 heterocycles. The van der Waals surface area contributed by atoms with Crippen LogP contribution in [-0.2, 0) is 6.42 Å². The molecule has 0 spiro atoms. The van der Waals surface area contributed by atoms with E-state index in [1.165, 1.54) is 25.1 Å². The number of hydrogen-bond acceptors (Lipinski definition) is 3. The van der Waals surface area contributed by atoms with E-state index in [-0.39, 0.29) is 5.43 Å². The molecule has 4 nitrogen and oxygen atoms in total. The molecule has 114 valence electrons. The number of unbranched alkanes of at least 4 members (excludes halogenated alkanes) is 4. The van der Waals surface area contributed by atoms with Gasteiger partial charge in [-0.25, -0.2) is 0 Å². The summed E-state index contributed by atoms with van der Waals surface area (Å²) in [7, 11) is 0. The summed E-state index contributed by atoms with van der Waals surface area (Å²) in [5.74, 6) is 0.396. The van der Waals surface area contributed by atoms with E-state index in [1.807, 2.05) is 12.1 Å². The number of aryl methyl sites for hydroxylation is 1. The normalized spacial score (nSPS) is 10.7. The van der Waals surface area contributed by atoms with E-state index < -0.39 is 0 Å². The molecule has 2 N–H and O–H groups in total. The van der Waals surface area contributed by atoms with Crippen LogP contribution in [0.4, 0.5) is 0 Å². The van der Waals surface area contributed by atoms with Gasteiger partial charge in [-0.05, 0) is 30.9 Å². The Hall–Kier alpha value is -2.10. The molecule has 0 fully saturated rings. The van der Waals surface area contributed by atoms with Crippen molar-refractivity contribution >= 4 is 6.34 Å². The Bertz CT molecular complexity index is 512. The molecule has 1 aromatic carbocycles. The first-order valence-electron chi connectivity index (χ1n) is 7.39. The van der Waals surface area contributed by atoms with Crippen molar-refractivity contribution in [2.75, 3.05) is 6.54 Å². The van der Waals surface area contributed by atoms with Gasteiger partial charge in [0.2, 0.25) is 5.43 Å². The van der Waals surface area contributed by atoms with Gasteiger partial charge in [-0.15, -0.1) is 0 Å². The molecule has 0 amide bonds. The third kappa shape index (κ3) is 6.75. The summed E-state index contributed by atoms with van der Waals surface area (Å²) < 4.78 is 5.27. The minimum atomic E-state index is -0.102. The first kappa shape index (κ1) is 17.0. The standard InChI is InChI=1S/C17H24N2O2/c1-2-21-17-15(11-7-8-12-16(17)20)10-6-4-3-5-9-13-19-14-18/h2,7-8,11-12,14H,1,3-6,9-10,13H2,(H2,18,19). The molecular weight excluding hydrogens is 264 g/mol. The van der Waals surface area contributed by atoms with Crippen molar-refractivity contribution in [3.8, 4) is 5.75 Å². The van der Waals surface area contributed by atoms with Gasteiger partial charge in [-0.3, -0.25) is 9.79 Å². The molecule has 21 heavy (non-hydrogen) atoms. The summed E-state index contributed by atoms with van der Waals surface area (Å²) in [6.45, 7) is 4.33. The first-order chi connectivity index (χ1) is 10.3. The second-order valence-electron chi connectivity index (χ2n) is 4.79. The second kappa shape index (κ2) is 10.7. The fourth-order valence-electron chi connectivity index (χ4n) is 2.16. The van der Waals surface area contributed by atoms with Gasteiger partial charge < -0.3 is 10.5 Å². The van der Waals surface area contributed by atoms with Crippen LogP contribution >= 0.6 is 0 Å². The van der Waals surface area contributed by atoms with Crippen molar-refractivity contribution in [1.82, 2.24) is 0 Å². The Morgan fingerprint density at radius 2 is 1.86 bits per heavy atom. The van der Waals surface area contributed by atoms with Crippen LogP contribution in [0.2, 0.25) is 0 Å². The van der Waals surface area contributed by atoms with Crippen molar-refractivity contribution in [3.05, 3.63) is 52.9 Å². The monoisotopic (exact) mass is 288 g/mol. The Morgan fingerprint density at radius 3 is 2.62 bits per heavy atom. The third-order valence-corrected chi connectivity index (χ3v) is 3.21. The highest BCUT2D eigenvalue weighted by Crippen LogP contribution is 2.16. The average molecular weight is 288 g/mol. The summed E-state index contributed by atoms with van der Waals surface area (Å²) in [5, 5.41) is 0. The van der Waals surface area contributed by atoms with E-state index in [1.54, 1.807) is 6.07 Å². The van der Waals surface area contributed by atoms with E-state index >= 15 is 0 Å². The largest absolute Gasteiger partial charge is 0.461 e. The molecule has 0 aliphatic heterocycles. The van der Waals surface area contributed by atoms with E-state index in [4.69, 9.17) is 10.5 Å². The van der Waals surface area contributed by atoms with Gasteiger partial charge in [0.15, 0.2) is 5.75 Å². The molecule has 0 bridgehead atoms. The quantitative estimate of drug-likeness (QED) is 0.311. The molecule has 0 atom stereocenters. The molecule has 0 saturated carbocycles. The summed E-state index contributed by atoms with van der Waals surface area (Å²) >= 11 is 0. The van der Waals surface area contributed by atoms with Crippen LogP contribution in [0.15, 0.2) is 46.9 Å². The van der Waals surface area contributed by atoms with Crippen LogP contribution in [0.3, 0.4) is 0 Å². The number of rotatable bonds is 10. The van der Waals surface area contributed by atoms with Crippen molar-refractivity contribution in [2.24, 2.45) is 10.7 Å². The number of nitrogens with zero attached hydrogens (tertiary/aromatic N) is 1. The van der Waals surface area contributed by atoms with Crippen LogP contribution in [0.5, 0.6) is 5.75 Å². The summed E-state index contributed by atoms with van der Waals surface area (Å²) in [6.07, 6.45) is 9.07. The molecule has 0 aliphatic rings. The van der Waals surface area contributed by atoms with Crippen LogP contribution < -0.4 is 15.9 Å². The van der Waals surface area contributed by atoms with Crippen molar-refractivity contribution in [1.29, 1.82) is 0 Å². The van der Waals surface area contributed by atoms with Crippen molar-refractivity contribution < 1.29 is 4.74 Å². The van der Waals surface area contributed by atoms with E-state index in [0.717, 1.165) is 44.2 Å². The zero-order valence-corrected chi connectivity index (χ0v) is 12.5. The Kier molecular flexibility index (Phi) is 8.61. The highest BCUT2D eigenvalue weighted by atomic mass is 16.5. The molecule has 1 rings (SSSR count). The lowest BCUT2D eigenvalue weighted by atomic mass is 10.1. The summed E-state index contributed by atoms with van der Waals surface area (Å²) in [5.41, 5.74) is 6.02. The number of aliphatic imine (C=N–C) groups is 1. The Balaban J connectivity index is 2.41. The molecule has 1 aromatic rings. The lowest BCUT2D eigenvalue weighted by molar-refractivity contribution is 0.471. The smallest absolute Gasteiger partial charge is 0.221 e. The van der Waals surface area contributed by atoms with Gasteiger partial charge in [-0.2, -0.15) is 0 Å². The maximum atomic E-state index is 11.9. The van der Waals surface area contributed by atoms with Crippen molar-refractivity contribution in [2.45, 2.75) is 38.5 Å². The minimum absolute atomic E-state index is 0.102. The topological polar surface area (TPSA) is 64.7 Å². The second-order valence-corrected chi connectivity index (χ2v) is 4.79. The molecular formula is C17H24N2O2.